The Kier molecular flexibility index (Phi) is 3.44. The van der Waals surface area contributed by atoms with Crippen LogP contribution >= 0.6 is 0 Å². The number of methoxy groups -OCH3 is 2. The summed E-state index contributed by atoms with van der Waals surface area (Å²) in [6, 6.07) is 4.15. The second-order valence-electron chi connectivity index (χ2n) is 2.82. The molecule has 0 aliphatic heterocycles. The number of benzene rings is 1. The highest BCUT2D eigenvalue weighted by Gasteiger charge is 2.11. The van der Waals surface area contributed by atoms with Crippen molar-refractivity contribution in [3.8, 4) is 5.75 Å². The van der Waals surface area contributed by atoms with Crippen LogP contribution in [-0.4, -0.2) is 20.2 Å². The Balaban J connectivity index is 3.02. The third-order valence-electron chi connectivity index (χ3n) is 1.93. The molecule has 15 heavy (non-hydrogen) atoms. The summed E-state index contributed by atoms with van der Waals surface area (Å²) in [5, 5.41) is 0. The number of esters is 1. The molecular formula is C11H11FO3. The maximum Gasteiger partial charge on any atom is 0.337 e. The van der Waals surface area contributed by atoms with Crippen LogP contribution in [0.25, 0.3) is 5.57 Å². The van der Waals surface area contributed by atoms with E-state index in [1.54, 1.807) is 6.07 Å². The summed E-state index contributed by atoms with van der Waals surface area (Å²) in [7, 11) is 2.61. The predicted octanol–water partition coefficient (Wildman–Crippen LogP) is 2.02. The molecule has 0 radical (unpaired) electrons. The van der Waals surface area contributed by atoms with Crippen molar-refractivity contribution in [1.29, 1.82) is 0 Å². The number of hydrogen-bond acceptors (Lipinski definition) is 3. The first-order valence-corrected chi connectivity index (χ1v) is 4.21. The van der Waals surface area contributed by atoms with Gasteiger partial charge in [-0.3, -0.25) is 0 Å². The summed E-state index contributed by atoms with van der Waals surface area (Å²) in [6.45, 7) is 3.51. The molecule has 0 atom stereocenters. The summed E-state index contributed by atoms with van der Waals surface area (Å²) in [6.07, 6.45) is 0. The molecule has 3 nitrogen and oxygen atoms in total. The van der Waals surface area contributed by atoms with Gasteiger partial charge >= 0.3 is 5.97 Å². The molecule has 0 aliphatic carbocycles. The van der Waals surface area contributed by atoms with Crippen molar-refractivity contribution < 1.29 is 18.7 Å². The predicted molar refractivity (Wildman–Crippen MR) is 54.0 cm³/mol. The molecule has 0 aliphatic rings. The van der Waals surface area contributed by atoms with Gasteiger partial charge in [-0.15, -0.1) is 0 Å². The van der Waals surface area contributed by atoms with E-state index in [-0.39, 0.29) is 11.3 Å². The first-order chi connectivity index (χ1) is 7.10. The molecule has 0 unspecified atom stereocenters. The largest absolute Gasteiger partial charge is 0.494 e. The van der Waals surface area contributed by atoms with Crippen LogP contribution in [0.3, 0.4) is 0 Å². The van der Waals surface area contributed by atoms with Crippen molar-refractivity contribution in [2.75, 3.05) is 14.2 Å². The van der Waals surface area contributed by atoms with Crippen LogP contribution in [0.5, 0.6) is 5.75 Å². The second kappa shape index (κ2) is 4.59. The van der Waals surface area contributed by atoms with E-state index in [4.69, 9.17) is 4.74 Å². The maximum absolute atomic E-state index is 13.3. The SMILES string of the molecule is C=C(C(=O)OC)c1ccc(OC)c(F)c1. The number of ether oxygens (including phenoxy) is 2. The molecule has 0 N–H and O–H groups in total. The monoisotopic (exact) mass is 210 g/mol. The topological polar surface area (TPSA) is 35.5 Å². The van der Waals surface area contributed by atoms with Crippen LogP contribution in [0, 0.1) is 5.82 Å². The molecule has 0 saturated heterocycles. The molecule has 1 rings (SSSR count). The van der Waals surface area contributed by atoms with E-state index in [2.05, 4.69) is 11.3 Å². The average Bonchev–Trinajstić information content (AvgIpc) is 2.26. The lowest BCUT2D eigenvalue weighted by atomic mass is 10.1. The van der Waals surface area contributed by atoms with Crippen molar-refractivity contribution in [1.82, 2.24) is 0 Å². The Morgan fingerprint density at radius 1 is 1.40 bits per heavy atom. The first kappa shape index (κ1) is 11.2. The Morgan fingerprint density at radius 3 is 2.53 bits per heavy atom. The minimum absolute atomic E-state index is 0.110. The maximum atomic E-state index is 13.3. The van der Waals surface area contributed by atoms with E-state index in [1.165, 1.54) is 26.4 Å². The van der Waals surface area contributed by atoms with Crippen LogP contribution in [0.1, 0.15) is 5.56 Å². The highest BCUT2D eigenvalue weighted by Crippen LogP contribution is 2.22. The highest BCUT2D eigenvalue weighted by molar-refractivity contribution is 6.15. The smallest absolute Gasteiger partial charge is 0.337 e. The number of rotatable bonds is 3. The Hall–Kier alpha value is -1.84. The zero-order chi connectivity index (χ0) is 11.4. The van der Waals surface area contributed by atoms with Gasteiger partial charge in [0.15, 0.2) is 11.6 Å². The van der Waals surface area contributed by atoms with E-state index in [1.807, 2.05) is 0 Å². The van der Waals surface area contributed by atoms with E-state index in [0.29, 0.717) is 5.56 Å². The molecule has 4 heteroatoms. The quantitative estimate of drug-likeness (QED) is 0.565. The molecule has 80 valence electrons. The highest BCUT2D eigenvalue weighted by atomic mass is 19.1. The zero-order valence-corrected chi connectivity index (χ0v) is 8.54. The average molecular weight is 210 g/mol. The van der Waals surface area contributed by atoms with Crippen LogP contribution in [0.4, 0.5) is 4.39 Å². The van der Waals surface area contributed by atoms with Crippen molar-refractivity contribution in [2.24, 2.45) is 0 Å². The minimum atomic E-state index is -0.584. The van der Waals surface area contributed by atoms with E-state index < -0.39 is 11.8 Å². The molecule has 0 aromatic heterocycles. The van der Waals surface area contributed by atoms with Gasteiger partial charge < -0.3 is 9.47 Å². The Bertz CT molecular complexity index is 399. The molecule has 0 heterocycles. The van der Waals surface area contributed by atoms with Gasteiger partial charge in [-0.2, -0.15) is 0 Å². The van der Waals surface area contributed by atoms with Crippen LogP contribution in [0.15, 0.2) is 24.8 Å². The molecule has 1 aromatic carbocycles. The zero-order valence-electron chi connectivity index (χ0n) is 8.54. The number of halogens is 1. The normalized spacial score (nSPS) is 9.53. The van der Waals surface area contributed by atoms with Crippen molar-refractivity contribution in [2.45, 2.75) is 0 Å². The lowest BCUT2D eigenvalue weighted by Gasteiger charge is -2.06. The Labute approximate surface area is 87.1 Å². The van der Waals surface area contributed by atoms with Gasteiger partial charge in [0.2, 0.25) is 0 Å². The van der Waals surface area contributed by atoms with E-state index in [9.17, 15) is 9.18 Å². The summed E-state index contributed by atoms with van der Waals surface area (Å²) in [5.41, 5.74) is 0.485. The fraction of sp³-hybridized carbons (Fsp3) is 0.182. The number of carbonyl (C=O) groups excluding carboxylic acids is 1. The van der Waals surface area contributed by atoms with Crippen molar-refractivity contribution in [3.63, 3.8) is 0 Å². The summed E-state index contributed by atoms with van der Waals surface area (Å²) < 4.78 is 22.5. The van der Waals surface area contributed by atoms with E-state index in [0.717, 1.165) is 0 Å². The summed E-state index contributed by atoms with van der Waals surface area (Å²) >= 11 is 0. The van der Waals surface area contributed by atoms with Crippen molar-refractivity contribution >= 4 is 11.5 Å². The molecule has 0 saturated carbocycles. The molecule has 0 spiro atoms. The van der Waals surface area contributed by atoms with E-state index >= 15 is 0 Å². The van der Waals surface area contributed by atoms with Gasteiger partial charge in [-0.25, -0.2) is 9.18 Å². The fourth-order valence-electron chi connectivity index (χ4n) is 1.10. The van der Waals surface area contributed by atoms with Gasteiger partial charge in [0.1, 0.15) is 0 Å². The molecule has 0 fully saturated rings. The first-order valence-electron chi connectivity index (χ1n) is 4.21. The Morgan fingerprint density at radius 2 is 2.07 bits per heavy atom. The molecule has 0 amide bonds. The minimum Gasteiger partial charge on any atom is -0.494 e. The van der Waals surface area contributed by atoms with Crippen molar-refractivity contribution in [3.05, 3.63) is 36.2 Å². The van der Waals surface area contributed by atoms with Gasteiger partial charge in [-0.05, 0) is 17.7 Å². The molecular weight excluding hydrogens is 199 g/mol. The van der Waals surface area contributed by atoms with Crippen LogP contribution < -0.4 is 4.74 Å². The second-order valence-corrected chi connectivity index (χ2v) is 2.82. The van der Waals surface area contributed by atoms with Crippen LogP contribution in [-0.2, 0) is 9.53 Å². The van der Waals surface area contributed by atoms with Gasteiger partial charge in [-0.1, -0.05) is 12.6 Å². The summed E-state index contributed by atoms with van der Waals surface area (Å²) in [4.78, 5) is 11.1. The van der Waals surface area contributed by atoms with Gasteiger partial charge in [0, 0.05) is 0 Å². The number of hydrogen-bond donors (Lipinski definition) is 0. The van der Waals surface area contributed by atoms with Gasteiger partial charge in [0.25, 0.3) is 0 Å². The molecule has 0 bridgehead atoms. The summed E-state index contributed by atoms with van der Waals surface area (Å²) in [5.74, 6) is -1.00. The standard InChI is InChI=1S/C11H11FO3/c1-7(11(13)15-3)8-4-5-10(14-2)9(12)6-8/h4-6H,1H2,2-3H3. The molecule has 1 aromatic rings. The lowest BCUT2D eigenvalue weighted by molar-refractivity contribution is -0.133. The van der Waals surface area contributed by atoms with Gasteiger partial charge in [0.05, 0.1) is 19.8 Å². The fourth-order valence-corrected chi connectivity index (χ4v) is 1.10. The number of carbonyl (C=O) groups is 1. The lowest BCUT2D eigenvalue weighted by Crippen LogP contribution is -2.03. The third kappa shape index (κ3) is 2.34. The third-order valence-corrected chi connectivity index (χ3v) is 1.93. The van der Waals surface area contributed by atoms with Crippen LogP contribution in [0.2, 0.25) is 0 Å².